The summed E-state index contributed by atoms with van der Waals surface area (Å²) in [6.07, 6.45) is 22.2. The maximum atomic E-state index is 12.7. The first-order chi connectivity index (χ1) is 27.0. The molecule has 0 saturated carbocycles. The predicted octanol–water partition coefficient (Wildman–Crippen LogP) is 11.1. The molecule has 2 aromatic rings. The molecule has 1 unspecified atom stereocenters. The van der Waals surface area contributed by atoms with Crippen molar-refractivity contribution >= 4 is 19.8 Å². The SMILES string of the molecule is CCCCCc1cc(C)c(CCCCCCCCC(=O)OC[C@H](COP(=O)(O)OCCN)OC(=O)CCCCCCCCc2oc(CCCCC)c(C)c2C)o1. The van der Waals surface area contributed by atoms with E-state index in [0.29, 0.717) is 12.8 Å². The van der Waals surface area contributed by atoms with Crippen LogP contribution in [0.15, 0.2) is 14.9 Å². The third kappa shape index (κ3) is 21.9. The summed E-state index contributed by atoms with van der Waals surface area (Å²) in [4.78, 5) is 35.1. The van der Waals surface area contributed by atoms with Crippen molar-refractivity contribution in [3.8, 4) is 0 Å². The van der Waals surface area contributed by atoms with Gasteiger partial charge in [0.15, 0.2) is 6.10 Å². The van der Waals surface area contributed by atoms with Gasteiger partial charge in [0, 0.05) is 45.1 Å². The van der Waals surface area contributed by atoms with E-state index in [9.17, 15) is 19.0 Å². The van der Waals surface area contributed by atoms with Crippen molar-refractivity contribution < 1.29 is 46.4 Å². The van der Waals surface area contributed by atoms with Crippen LogP contribution in [0.5, 0.6) is 0 Å². The number of nitrogens with two attached hydrogens (primary N) is 1. The van der Waals surface area contributed by atoms with Gasteiger partial charge in [-0.25, -0.2) is 4.57 Å². The largest absolute Gasteiger partial charge is 0.472 e. The van der Waals surface area contributed by atoms with Crippen molar-refractivity contribution in [2.75, 3.05) is 26.4 Å². The number of rotatable bonds is 35. The first-order valence-electron chi connectivity index (χ1n) is 21.8. The number of aryl methyl sites for hydroxylation is 5. The standard InChI is InChI=1S/C44H76NO10P/c1-6-8-18-24-38-32-35(3)40(53-38)25-20-14-10-12-16-22-28-43(46)50-33-39(34-52-56(48,49)51-31-30-45)54-44(47)29-23-17-13-11-15-21-27-42-37(5)36(4)41(55-42)26-19-9-7-2/h32,39H,6-31,33-34,45H2,1-5H3,(H,48,49)/t39-/m1/s1. The van der Waals surface area contributed by atoms with E-state index in [-0.39, 0.29) is 32.6 Å². The van der Waals surface area contributed by atoms with Crippen molar-refractivity contribution in [3.05, 3.63) is 45.8 Å². The van der Waals surface area contributed by atoms with Crippen molar-refractivity contribution in [1.82, 2.24) is 0 Å². The van der Waals surface area contributed by atoms with Crippen LogP contribution >= 0.6 is 7.82 Å². The molecular weight excluding hydrogens is 733 g/mol. The molecule has 56 heavy (non-hydrogen) atoms. The molecule has 0 aliphatic carbocycles. The Morgan fingerprint density at radius 3 is 1.73 bits per heavy atom. The van der Waals surface area contributed by atoms with Crippen molar-refractivity contribution in [2.24, 2.45) is 5.73 Å². The van der Waals surface area contributed by atoms with Crippen molar-refractivity contribution in [2.45, 2.75) is 195 Å². The van der Waals surface area contributed by atoms with Gasteiger partial charge >= 0.3 is 19.8 Å². The van der Waals surface area contributed by atoms with E-state index in [1.807, 2.05) is 0 Å². The van der Waals surface area contributed by atoms with Crippen LogP contribution in [0.4, 0.5) is 0 Å². The summed E-state index contributed by atoms with van der Waals surface area (Å²) in [5.74, 6) is 3.59. The van der Waals surface area contributed by atoms with Crippen LogP contribution in [-0.4, -0.2) is 49.3 Å². The number of carbonyl (C=O) groups excluding carboxylic acids is 2. The van der Waals surface area contributed by atoms with Crippen molar-refractivity contribution in [3.63, 3.8) is 0 Å². The van der Waals surface area contributed by atoms with Gasteiger partial charge < -0.3 is 28.9 Å². The quantitative estimate of drug-likeness (QED) is 0.0387. The Hall–Kier alpha value is -2.43. The molecule has 3 N–H and O–H groups in total. The van der Waals surface area contributed by atoms with Crippen LogP contribution in [0.25, 0.3) is 0 Å². The van der Waals surface area contributed by atoms with Crippen LogP contribution in [0, 0.1) is 20.8 Å². The fourth-order valence-corrected chi connectivity index (χ4v) is 7.53. The Morgan fingerprint density at radius 1 is 0.661 bits per heavy atom. The molecule has 2 aromatic heterocycles. The lowest BCUT2D eigenvalue weighted by Crippen LogP contribution is -2.29. The van der Waals surface area contributed by atoms with Gasteiger partial charge in [-0.3, -0.25) is 18.6 Å². The Balaban J connectivity index is 1.63. The number of ether oxygens (including phenoxy) is 2. The fourth-order valence-electron chi connectivity index (χ4n) is 6.77. The highest BCUT2D eigenvalue weighted by atomic mass is 31.2. The van der Waals surface area contributed by atoms with Crippen molar-refractivity contribution in [1.29, 1.82) is 0 Å². The number of carbonyl (C=O) groups is 2. The minimum Gasteiger partial charge on any atom is -0.466 e. The van der Waals surface area contributed by atoms with Gasteiger partial charge in [-0.15, -0.1) is 0 Å². The second-order valence-corrected chi connectivity index (χ2v) is 16.8. The number of unbranched alkanes of at least 4 members (excludes halogenated alkanes) is 14. The zero-order valence-electron chi connectivity index (χ0n) is 35.6. The number of furan rings is 2. The van der Waals surface area contributed by atoms with Gasteiger partial charge in [0.25, 0.3) is 0 Å². The lowest BCUT2D eigenvalue weighted by atomic mass is 10.0. The van der Waals surface area contributed by atoms with E-state index in [0.717, 1.165) is 113 Å². The Morgan fingerprint density at radius 2 is 1.16 bits per heavy atom. The highest BCUT2D eigenvalue weighted by Crippen LogP contribution is 2.43. The Labute approximate surface area is 338 Å². The van der Waals surface area contributed by atoms with Crippen LogP contribution in [0.1, 0.15) is 182 Å². The van der Waals surface area contributed by atoms with E-state index >= 15 is 0 Å². The second kappa shape index (κ2) is 29.7. The highest BCUT2D eigenvalue weighted by Gasteiger charge is 2.26. The highest BCUT2D eigenvalue weighted by molar-refractivity contribution is 7.47. The molecule has 0 aromatic carbocycles. The molecule has 322 valence electrons. The minimum atomic E-state index is -4.40. The molecule has 2 atom stereocenters. The van der Waals surface area contributed by atoms with Gasteiger partial charge in [-0.1, -0.05) is 90.9 Å². The number of phosphoric ester groups is 1. The third-order valence-electron chi connectivity index (χ3n) is 10.3. The van der Waals surface area contributed by atoms with E-state index in [4.69, 9.17) is 33.1 Å². The van der Waals surface area contributed by atoms with Gasteiger partial charge in [0.1, 0.15) is 29.6 Å². The van der Waals surface area contributed by atoms with E-state index in [1.54, 1.807) is 0 Å². The molecule has 11 nitrogen and oxygen atoms in total. The van der Waals surface area contributed by atoms with E-state index in [1.165, 1.54) is 55.2 Å². The molecule has 0 amide bonds. The molecule has 0 spiro atoms. The molecule has 2 rings (SSSR count). The van der Waals surface area contributed by atoms with Crippen LogP contribution in [0.3, 0.4) is 0 Å². The van der Waals surface area contributed by atoms with Gasteiger partial charge in [0.2, 0.25) is 0 Å². The smallest absolute Gasteiger partial charge is 0.466 e. The third-order valence-corrected chi connectivity index (χ3v) is 11.3. The molecular formula is C44H76NO10P. The summed E-state index contributed by atoms with van der Waals surface area (Å²) in [5, 5.41) is 0. The maximum absolute atomic E-state index is 12.7. The normalized spacial score (nSPS) is 13.2. The first kappa shape index (κ1) is 49.7. The van der Waals surface area contributed by atoms with Crippen LogP contribution in [-0.2, 0) is 58.4 Å². The average Bonchev–Trinajstić information content (AvgIpc) is 3.66. The van der Waals surface area contributed by atoms with E-state index < -0.39 is 32.5 Å². The summed E-state index contributed by atoms with van der Waals surface area (Å²) in [6.45, 7) is 10.0. The molecule has 2 heterocycles. The first-order valence-corrected chi connectivity index (χ1v) is 23.3. The minimum absolute atomic E-state index is 0.0397. The van der Waals surface area contributed by atoms with Gasteiger partial charge in [-0.2, -0.15) is 0 Å². The molecule has 0 bridgehead atoms. The summed E-state index contributed by atoms with van der Waals surface area (Å²) in [5.41, 5.74) is 9.20. The lowest BCUT2D eigenvalue weighted by Gasteiger charge is -2.19. The molecule has 0 aliphatic rings. The summed E-state index contributed by atoms with van der Waals surface area (Å²) in [6, 6.07) is 2.19. The zero-order chi connectivity index (χ0) is 41.0. The van der Waals surface area contributed by atoms with E-state index in [2.05, 4.69) is 40.7 Å². The lowest BCUT2D eigenvalue weighted by molar-refractivity contribution is -0.161. The molecule has 0 fully saturated rings. The fraction of sp³-hybridized carbons (Fsp3) is 0.773. The average molecular weight is 810 g/mol. The molecule has 12 heteroatoms. The Kier molecular flexibility index (Phi) is 26.4. The number of hydrogen-bond donors (Lipinski definition) is 2. The summed E-state index contributed by atoms with van der Waals surface area (Å²) >= 11 is 0. The summed E-state index contributed by atoms with van der Waals surface area (Å²) < 4.78 is 45.2. The summed E-state index contributed by atoms with van der Waals surface area (Å²) in [7, 11) is -4.40. The monoisotopic (exact) mass is 810 g/mol. The molecule has 0 radical (unpaired) electrons. The van der Waals surface area contributed by atoms with Gasteiger partial charge in [-0.05, 0) is 82.1 Å². The van der Waals surface area contributed by atoms with Crippen LogP contribution in [0.2, 0.25) is 0 Å². The topological polar surface area (TPSA) is 161 Å². The zero-order valence-corrected chi connectivity index (χ0v) is 36.5. The second-order valence-electron chi connectivity index (χ2n) is 15.4. The Bertz CT molecular complexity index is 1400. The molecule has 0 saturated heterocycles. The predicted molar refractivity (Wildman–Crippen MR) is 222 cm³/mol. The van der Waals surface area contributed by atoms with Gasteiger partial charge in [0.05, 0.1) is 13.2 Å². The number of esters is 2. The molecule has 0 aliphatic heterocycles. The maximum Gasteiger partial charge on any atom is 0.472 e. The number of phosphoric acid groups is 1. The van der Waals surface area contributed by atoms with Crippen LogP contribution < -0.4 is 5.73 Å². The number of hydrogen-bond acceptors (Lipinski definition) is 10.